The molecule has 1 aromatic heterocycles. The summed E-state index contributed by atoms with van der Waals surface area (Å²) in [6.07, 6.45) is 7.90. The van der Waals surface area contributed by atoms with E-state index in [1.807, 2.05) is 6.20 Å². The van der Waals surface area contributed by atoms with Gasteiger partial charge in [-0.3, -0.25) is 0 Å². The highest BCUT2D eigenvalue weighted by Gasteiger charge is 2.34. The van der Waals surface area contributed by atoms with Gasteiger partial charge in [0.25, 0.3) is 0 Å². The smallest absolute Gasteiger partial charge is 0.0649 e. The van der Waals surface area contributed by atoms with Crippen LogP contribution in [-0.4, -0.2) is 9.78 Å². The summed E-state index contributed by atoms with van der Waals surface area (Å²) >= 11 is 3.62. The Morgan fingerprint density at radius 3 is 2.45 bits per heavy atom. The maximum absolute atomic E-state index is 6.38. The molecule has 4 heteroatoms. The minimum atomic E-state index is -0.0808. The van der Waals surface area contributed by atoms with Gasteiger partial charge in [0.15, 0.2) is 0 Å². The molecule has 0 aliphatic heterocycles. The molecule has 3 nitrogen and oxygen atoms in total. The Morgan fingerprint density at radius 1 is 1.20 bits per heavy atom. The molecule has 2 aromatic rings. The molecule has 2 aliphatic carbocycles. The average Bonchev–Trinajstić information content (AvgIpc) is 3.19. The molecule has 0 atom stereocenters. The van der Waals surface area contributed by atoms with Crippen molar-refractivity contribution < 1.29 is 0 Å². The lowest BCUT2D eigenvalue weighted by molar-refractivity contribution is 0.253. The molecule has 2 N–H and O–H groups in total. The lowest BCUT2D eigenvalue weighted by atomic mass is 9.73. The highest BCUT2D eigenvalue weighted by Crippen LogP contribution is 2.44. The van der Waals surface area contributed by atoms with E-state index in [0.29, 0.717) is 5.92 Å². The molecule has 1 aromatic carbocycles. The second-order valence-corrected chi connectivity index (χ2v) is 6.97. The van der Waals surface area contributed by atoms with Crippen molar-refractivity contribution in [2.45, 2.75) is 43.6 Å². The summed E-state index contributed by atoms with van der Waals surface area (Å²) in [6, 6.07) is 8.63. The summed E-state index contributed by atoms with van der Waals surface area (Å²) in [7, 11) is 0. The fourth-order valence-corrected chi connectivity index (χ4v) is 3.63. The van der Waals surface area contributed by atoms with Gasteiger partial charge in [0.2, 0.25) is 0 Å². The Balaban J connectivity index is 1.69. The van der Waals surface area contributed by atoms with Crippen LogP contribution in [0.3, 0.4) is 0 Å². The maximum Gasteiger partial charge on any atom is 0.0649 e. The van der Waals surface area contributed by atoms with Gasteiger partial charge in [-0.25, -0.2) is 4.68 Å². The average molecular weight is 332 g/mol. The first-order chi connectivity index (χ1) is 9.67. The van der Waals surface area contributed by atoms with Crippen LogP contribution >= 0.6 is 15.9 Å². The van der Waals surface area contributed by atoms with Crippen LogP contribution in [0.15, 0.2) is 34.9 Å². The Kier molecular flexibility index (Phi) is 2.79. The summed E-state index contributed by atoms with van der Waals surface area (Å²) in [5.74, 6) is 0.666. The van der Waals surface area contributed by atoms with Crippen LogP contribution in [-0.2, 0) is 5.54 Å². The van der Waals surface area contributed by atoms with Crippen molar-refractivity contribution in [3.63, 3.8) is 0 Å². The molecular formula is C16H18BrN3. The molecule has 2 saturated carbocycles. The van der Waals surface area contributed by atoms with Crippen molar-refractivity contribution in [2.24, 2.45) is 5.73 Å². The van der Waals surface area contributed by atoms with Crippen LogP contribution in [0, 0.1) is 0 Å². The molecule has 2 fully saturated rings. The van der Waals surface area contributed by atoms with E-state index in [2.05, 4.69) is 50.0 Å². The third-order valence-corrected chi connectivity index (χ3v) is 5.27. The molecule has 0 amide bonds. The maximum atomic E-state index is 6.38. The first kappa shape index (κ1) is 12.6. The summed E-state index contributed by atoms with van der Waals surface area (Å²) < 4.78 is 3.19. The van der Waals surface area contributed by atoms with Gasteiger partial charge in [0.1, 0.15) is 0 Å². The number of aromatic nitrogens is 2. The van der Waals surface area contributed by atoms with E-state index in [0.717, 1.165) is 23.0 Å². The van der Waals surface area contributed by atoms with Gasteiger partial charge in [-0.1, -0.05) is 12.1 Å². The second-order valence-electron chi connectivity index (χ2n) is 6.12. The molecule has 1 heterocycles. The molecule has 0 saturated heterocycles. The molecule has 2 aliphatic rings. The van der Waals surface area contributed by atoms with E-state index in [4.69, 9.17) is 5.73 Å². The molecule has 0 radical (unpaired) electrons. The summed E-state index contributed by atoms with van der Waals surface area (Å²) in [5.41, 5.74) is 9.99. The van der Waals surface area contributed by atoms with E-state index in [-0.39, 0.29) is 5.54 Å². The van der Waals surface area contributed by atoms with Gasteiger partial charge < -0.3 is 5.73 Å². The summed E-state index contributed by atoms with van der Waals surface area (Å²) in [4.78, 5) is 0. The SMILES string of the molecule is NC1(c2ccc(-n3ncc(Br)c3C3CC3)cc2)CCC1. The number of hydrogen-bond donors (Lipinski definition) is 1. The molecule has 0 bridgehead atoms. The van der Waals surface area contributed by atoms with Crippen LogP contribution in [0.1, 0.15) is 49.3 Å². The number of hydrogen-bond acceptors (Lipinski definition) is 2. The monoisotopic (exact) mass is 331 g/mol. The minimum absolute atomic E-state index is 0.0808. The Labute approximate surface area is 127 Å². The Hall–Kier alpha value is -1.13. The Morgan fingerprint density at radius 2 is 1.90 bits per heavy atom. The van der Waals surface area contributed by atoms with Crippen LogP contribution in [0.5, 0.6) is 0 Å². The van der Waals surface area contributed by atoms with Crippen LogP contribution in [0.4, 0.5) is 0 Å². The van der Waals surface area contributed by atoms with Crippen molar-refractivity contribution in [2.75, 3.05) is 0 Å². The predicted octanol–water partition coefficient (Wildman–Crippen LogP) is 3.85. The lowest BCUT2D eigenvalue weighted by Crippen LogP contribution is -2.43. The fourth-order valence-electron chi connectivity index (χ4n) is 3.05. The van der Waals surface area contributed by atoms with Gasteiger partial charge in [-0.05, 0) is 65.7 Å². The molecular weight excluding hydrogens is 314 g/mol. The van der Waals surface area contributed by atoms with E-state index < -0.39 is 0 Å². The van der Waals surface area contributed by atoms with Gasteiger partial charge in [0, 0.05) is 11.5 Å². The van der Waals surface area contributed by atoms with E-state index in [1.54, 1.807) is 0 Å². The van der Waals surface area contributed by atoms with Crippen molar-refractivity contribution >= 4 is 15.9 Å². The number of rotatable bonds is 3. The number of benzene rings is 1. The highest BCUT2D eigenvalue weighted by atomic mass is 79.9. The van der Waals surface area contributed by atoms with E-state index in [9.17, 15) is 0 Å². The second kappa shape index (κ2) is 4.43. The van der Waals surface area contributed by atoms with Crippen LogP contribution < -0.4 is 5.73 Å². The quantitative estimate of drug-likeness (QED) is 0.928. The standard InChI is InChI=1S/C16H18BrN3/c17-14-10-19-20(15(14)11-2-3-11)13-6-4-12(5-7-13)16(18)8-1-9-16/h4-7,10-11H,1-3,8-9,18H2. The van der Waals surface area contributed by atoms with Crippen LogP contribution in [0.25, 0.3) is 5.69 Å². The molecule has 4 rings (SSSR count). The predicted molar refractivity (Wildman–Crippen MR) is 83.0 cm³/mol. The number of nitrogens with zero attached hydrogens (tertiary/aromatic N) is 2. The third-order valence-electron chi connectivity index (χ3n) is 4.66. The van der Waals surface area contributed by atoms with Crippen molar-refractivity contribution in [3.05, 3.63) is 46.2 Å². The first-order valence-corrected chi connectivity index (χ1v) is 8.10. The molecule has 0 spiro atoms. The zero-order chi connectivity index (χ0) is 13.7. The topological polar surface area (TPSA) is 43.8 Å². The number of nitrogens with two attached hydrogens (primary N) is 1. The zero-order valence-corrected chi connectivity index (χ0v) is 12.9. The normalized spacial score (nSPS) is 20.7. The van der Waals surface area contributed by atoms with E-state index >= 15 is 0 Å². The van der Waals surface area contributed by atoms with Gasteiger partial charge in [-0.15, -0.1) is 0 Å². The van der Waals surface area contributed by atoms with Crippen molar-refractivity contribution in [1.82, 2.24) is 9.78 Å². The van der Waals surface area contributed by atoms with Crippen LogP contribution in [0.2, 0.25) is 0 Å². The molecule has 20 heavy (non-hydrogen) atoms. The zero-order valence-electron chi connectivity index (χ0n) is 11.3. The number of halogens is 1. The minimum Gasteiger partial charge on any atom is -0.321 e. The Bertz CT molecular complexity index is 636. The van der Waals surface area contributed by atoms with E-state index in [1.165, 1.54) is 30.5 Å². The molecule has 0 unspecified atom stereocenters. The van der Waals surface area contributed by atoms with Crippen molar-refractivity contribution in [3.8, 4) is 5.69 Å². The lowest BCUT2D eigenvalue weighted by Gasteiger charge is -2.38. The fraction of sp³-hybridized carbons (Fsp3) is 0.438. The van der Waals surface area contributed by atoms with Crippen molar-refractivity contribution in [1.29, 1.82) is 0 Å². The van der Waals surface area contributed by atoms with Gasteiger partial charge >= 0.3 is 0 Å². The summed E-state index contributed by atoms with van der Waals surface area (Å²) in [6.45, 7) is 0. The third kappa shape index (κ3) is 1.93. The highest BCUT2D eigenvalue weighted by molar-refractivity contribution is 9.10. The first-order valence-electron chi connectivity index (χ1n) is 7.31. The summed E-state index contributed by atoms with van der Waals surface area (Å²) in [5, 5.41) is 4.51. The van der Waals surface area contributed by atoms with Gasteiger partial charge in [-0.2, -0.15) is 5.10 Å². The largest absolute Gasteiger partial charge is 0.321 e. The molecule has 104 valence electrons. The van der Waals surface area contributed by atoms with Gasteiger partial charge in [0.05, 0.1) is 22.1 Å².